The number of ether oxygens (including phenoxy) is 1. The summed E-state index contributed by atoms with van der Waals surface area (Å²) in [7, 11) is 2.17. The monoisotopic (exact) mass is 219 g/mol. The Bertz CT molecular complexity index is 294. The molecule has 0 bridgehead atoms. The van der Waals surface area contributed by atoms with E-state index in [4.69, 9.17) is 4.74 Å². The predicted octanol–water partition coefficient (Wildman–Crippen LogP) is 1.11. The third-order valence-corrected chi connectivity index (χ3v) is 2.95. The van der Waals surface area contributed by atoms with Crippen LogP contribution in [0.15, 0.2) is 24.3 Å². The van der Waals surface area contributed by atoms with Crippen molar-refractivity contribution in [3.63, 3.8) is 0 Å². The van der Waals surface area contributed by atoms with Crippen molar-refractivity contribution in [3.8, 4) is 5.75 Å². The summed E-state index contributed by atoms with van der Waals surface area (Å²) < 4.78 is 5.65. The number of benzene rings is 1. The Balaban J connectivity index is 1.65. The fraction of sp³-hybridized carbons (Fsp3) is 0.538. The SMILES string of the molecule is CN1CCN(CCOc2c[c]ccc2)CC1. The second kappa shape index (κ2) is 5.87. The zero-order chi connectivity index (χ0) is 11.2. The van der Waals surface area contributed by atoms with Crippen molar-refractivity contribution in [2.45, 2.75) is 0 Å². The highest BCUT2D eigenvalue weighted by atomic mass is 16.5. The van der Waals surface area contributed by atoms with Crippen molar-refractivity contribution >= 4 is 0 Å². The number of hydrogen-bond donors (Lipinski definition) is 0. The van der Waals surface area contributed by atoms with Crippen LogP contribution in [-0.4, -0.2) is 56.2 Å². The van der Waals surface area contributed by atoms with Gasteiger partial charge in [-0.1, -0.05) is 12.1 Å². The molecule has 0 aromatic heterocycles. The number of rotatable bonds is 4. The van der Waals surface area contributed by atoms with E-state index in [0.717, 1.165) is 32.0 Å². The minimum Gasteiger partial charge on any atom is -0.492 e. The van der Waals surface area contributed by atoms with Crippen LogP contribution < -0.4 is 4.74 Å². The third-order valence-electron chi connectivity index (χ3n) is 2.95. The molecule has 1 aliphatic heterocycles. The van der Waals surface area contributed by atoms with Crippen molar-refractivity contribution in [2.24, 2.45) is 0 Å². The van der Waals surface area contributed by atoms with Crippen LogP contribution >= 0.6 is 0 Å². The van der Waals surface area contributed by atoms with Gasteiger partial charge in [-0.05, 0) is 25.2 Å². The molecule has 1 fully saturated rings. The van der Waals surface area contributed by atoms with Crippen LogP contribution in [0.1, 0.15) is 0 Å². The van der Waals surface area contributed by atoms with Gasteiger partial charge in [-0.2, -0.15) is 0 Å². The molecule has 3 nitrogen and oxygen atoms in total. The summed E-state index contributed by atoms with van der Waals surface area (Å²) in [4.78, 5) is 4.82. The van der Waals surface area contributed by atoms with Gasteiger partial charge >= 0.3 is 0 Å². The average Bonchev–Trinajstić information content (AvgIpc) is 2.33. The van der Waals surface area contributed by atoms with E-state index in [-0.39, 0.29) is 0 Å². The van der Waals surface area contributed by atoms with Gasteiger partial charge in [-0.25, -0.2) is 0 Å². The van der Waals surface area contributed by atoms with Crippen LogP contribution in [0.2, 0.25) is 0 Å². The second-order valence-electron chi connectivity index (χ2n) is 4.23. The minimum absolute atomic E-state index is 0.765. The first kappa shape index (κ1) is 11.4. The van der Waals surface area contributed by atoms with Crippen LogP contribution in [-0.2, 0) is 0 Å². The van der Waals surface area contributed by atoms with E-state index < -0.39 is 0 Å². The van der Waals surface area contributed by atoms with Gasteiger partial charge in [0.2, 0.25) is 0 Å². The predicted molar refractivity (Wildman–Crippen MR) is 64.7 cm³/mol. The molecule has 1 radical (unpaired) electrons. The van der Waals surface area contributed by atoms with Crippen molar-refractivity contribution in [1.82, 2.24) is 9.80 Å². The lowest BCUT2D eigenvalue weighted by molar-refractivity contribution is 0.134. The summed E-state index contributed by atoms with van der Waals surface area (Å²) >= 11 is 0. The van der Waals surface area contributed by atoms with E-state index in [1.54, 1.807) is 0 Å². The fourth-order valence-corrected chi connectivity index (χ4v) is 1.83. The van der Waals surface area contributed by atoms with Gasteiger partial charge in [0.25, 0.3) is 0 Å². The van der Waals surface area contributed by atoms with Crippen LogP contribution in [0, 0.1) is 6.07 Å². The van der Waals surface area contributed by atoms with Crippen LogP contribution in [0.25, 0.3) is 0 Å². The van der Waals surface area contributed by atoms with E-state index in [1.807, 2.05) is 24.3 Å². The van der Waals surface area contributed by atoms with E-state index >= 15 is 0 Å². The number of likely N-dealkylation sites (N-methyl/N-ethyl adjacent to an activating group) is 1. The summed E-state index contributed by atoms with van der Waals surface area (Å²) in [6, 6.07) is 10.7. The molecule has 2 rings (SSSR count). The van der Waals surface area contributed by atoms with Gasteiger partial charge in [0, 0.05) is 32.7 Å². The molecular weight excluding hydrogens is 200 g/mol. The molecule has 87 valence electrons. The highest BCUT2D eigenvalue weighted by molar-refractivity contribution is 5.19. The topological polar surface area (TPSA) is 15.7 Å². The van der Waals surface area contributed by atoms with Crippen molar-refractivity contribution in [1.29, 1.82) is 0 Å². The van der Waals surface area contributed by atoms with Gasteiger partial charge in [-0.3, -0.25) is 4.90 Å². The maximum absolute atomic E-state index is 5.65. The smallest absolute Gasteiger partial charge is 0.119 e. The maximum atomic E-state index is 5.65. The lowest BCUT2D eigenvalue weighted by atomic mass is 10.3. The molecule has 0 N–H and O–H groups in total. The summed E-state index contributed by atoms with van der Waals surface area (Å²) in [5.41, 5.74) is 0. The summed E-state index contributed by atoms with van der Waals surface area (Å²) in [6.07, 6.45) is 0. The first-order valence-electron chi connectivity index (χ1n) is 5.84. The largest absolute Gasteiger partial charge is 0.492 e. The zero-order valence-electron chi connectivity index (χ0n) is 9.85. The van der Waals surface area contributed by atoms with Crippen LogP contribution in [0.3, 0.4) is 0 Å². The molecule has 0 spiro atoms. The average molecular weight is 219 g/mol. The fourth-order valence-electron chi connectivity index (χ4n) is 1.83. The maximum Gasteiger partial charge on any atom is 0.119 e. The lowest BCUT2D eigenvalue weighted by Crippen LogP contribution is -2.45. The van der Waals surface area contributed by atoms with Gasteiger partial charge in [-0.15, -0.1) is 0 Å². The summed E-state index contributed by atoms with van der Waals surface area (Å²) in [5, 5.41) is 0. The highest BCUT2D eigenvalue weighted by Crippen LogP contribution is 2.07. The Morgan fingerprint density at radius 3 is 2.81 bits per heavy atom. The molecule has 0 saturated carbocycles. The lowest BCUT2D eigenvalue weighted by Gasteiger charge is -2.32. The Morgan fingerprint density at radius 2 is 2.12 bits per heavy atom. The van der Waals surface area contributed by atoms with Gasteiger partial charge in [0.1, 0.15) is 12.4 Å². The van der Waals surface area contributed by atoms with Gasteiger partial charge in [0.15, 0.2) is 0 Å². The first-order chi connectivity index (χ1) is 7.84. The van der Waals surface area contributed by atoms with Crippen molar-refractivity contribution in [2.75, 3.05) is 46.4 Å². The minimum atomic E-state index is 0.765. The standard InChI is InChI=1S/C13H19N2O/c1-14-7-9-15(10-8-14)11-12-16-13-5-3-2-4-6-13/h2-3,5-6H,7-12H2,1H3. The molecule has 0 aliphatic carbocycles. The van der Waals surface area contributed by atoms with Gasteiger partial charge < -0.3 is 9.64 Å². The Morgan fingerprint density at radius 1 is 1.31 bits per heavy atom. The molecule has 1 saturated heterocycles. The van der Waals surface area contributed by atoms with E-state index in [9.17, 15) is 0 Å². The normalized spacial score (nSPS) is 18.6. The molecule has 1 aliphatic rings. The van der Waals surface area contributed by atoms with E-state index in [0.29, 0.717) is 0 Å². The zero-order valence-corrected chi connectivity index (χ0v) is 9.85. The molecular formula is C13H19N2O. The molecule has 16 heavy (non-hydrogen) atoms. The summed E-state index contributed by atoms with van der Waals surface area (Å²) in [5.74, 6) is 0.914. The molecule has 1 aromatic rings. The molecule has 0 amide bonds. The number of piperazine rings is 1. The highest BCUT2D eigenvalue weighted by Gasteiger charge is 2.12. The van der Waals surface area contributed by atoms with E-state index in [2.05, 4.69) is 22.9 Å². The third kappa shape index (κ3) is 3.51. The first-order valence-corrected chi connectivity index (χ1v) is 5.84. The molecule has 1 aromatic carbocycles. The van der Waals surface area contributed by atoms with Crippen LogP contribution in [0.4, 0.5) is 0 Å². The van der Waals surface area contributed by atoms with Crippen molar-refractivity contribution in [3.05, 3.63) is 30.3 Å². The number of nitrogens with zero attached hydrogens (tertiary/aromatic N) is 2. The molecule has 1 heterocycles. The quantitative estimate of drug-likeness (QED) is 0.754. The molecule has 0 atom stereocenters. The summed E-state index contributed by atoms with van der Waals surface area (Å²) in [6.45, 7) is 6.42. The van der Waals surface area contributed by atoms with Gasteiger partial charge in [0.05, 0.1) is 0 Å². The number of hydrogen-bond acceptors (Lipinski definition) is 3. The Labute approximate surface area is 97.6 Å². The van der Waals surface area contributed by atoms with E-state index in [1.165, 1.54) is 13.1 Å². The van der Waals surface area contributed by atoms with Crippen molar-refractivity contribution < 1.29 is 4.74 Å². The molecule has 3 heteroatoms. The Kier molecular flexibility index (Phi) is 4.19. The van der Waals surface area contributed by atoms with Crippen LogP contribution in [0.5, 0.6) is 5.75 Å². The molecule has 0 unspecified atom stereocenters. The Hall–Kier alpha value is -1.06. The second-order valence-corrected chi connectivity index (χ2v) is 4.23.